The van der Waals surface area contributed by atoms with Crippen LogP contribution in [-0.4, -0.2) is 33.8 Å². The number of carbonyl (C=O) groups excluding carboxylic acids is 1. The summed E-state index contributed by atoms with van der Waals surface area (Å²) in [7, 11) is 1.65. The van der Waals surface area contributed by atoms with E-state index in [0.717, 1.165) is 52.8 Å². The second-order valence-corrected chi connectivity index (χ2v) is 7.92. The lowest BCUT2D eigenvalue weighted by Gasteiger charge is -2.11. The third-order valence-electron chi connectivity index (χ3n) is 4.89. The topological polar surface area (TPSA) is 69.0 Å². The van der Waals surface area contributed by atoms with Crippen molar-refractivity contribution in [1.29, 1.82) is 0 Å². The maximum absolute atomic E-state index is 12.5. The van der Waals surface area contributed by atoms with E-state index in [-0.39, 0.29) is 5.91 Å². The lowest BCUT2D eigenvalue weighted by atomic mass is 10.1. The fourth-order valence-corrected chi connectivity index (χ4v) is 4.16. The Labute approximate surface area is 174 Å². The lowest BCUT2D eigenvalue weighted by Crippen LogP contribution is -2.26. The molecule has 4 rings (SSSR count). The largest absolute Gasteiger partial charge is 0.497 e. The number of hydrogen-bond donors (Lipinski definition) is 1. The third kappa shape index (κ3) is 4.45. The average molecular weight is 409 g/mol. The van der Waals surface area contributed by atoms with E-state index in [1.807, 2.05) is 48.5 Å². The van der Waals surface area contributed by atoms with Gasteiger partial charge in [-0.3, -0.25) is 4.79 Å². The summed E-state index contributed by atoms with van der Waals surface area (Å²) in [6.07, 6.45) is 2.16. The summed E-state index contributed by atoms with van der Waals surface area (Å²) in [5.74, 6) is 2.27. The zero-order valence-electron chi connectivity index (χ0n) is 16.6. The number of hydrogen-bond acceptors (Lipinski definition) is 5. The molecule has 1 heterocycles. The van der Waals surface area contributed by atoms with E-state index in [1.54, 1.807) is 18.9 Å². The maximum Gasteiger partial charge on any atom is 0.251 e. The molecule has 2 aromatic carbocycles. The molecule has 1 N–H and O–H groups in total. The molecule has 0 unspecified atom stereocenters. The Morgan fingerprint density at radius 2 is 2.03 bits per heavy atom. The van der Waals surface area contributed by atoms with Gasteiger partial charge < -0.3 is 14.6 Å². The number of rotatable bonds is 8. The van der Waals surface area contributed by atoms with E-state index in [9.17, 15) is 4.79 Å². The summed E-state index contributed by atoms with van der Waals surface area (Å²) in [5, 5.41) is 12.7. The van der Waals surface area contributed by atoms with E-state index in [4.69, 9.17) is 4.74 Å². The SMILES string of the molecule is CCn1c(SCc2ccccc2C(=O)NC2CC2)nnc1-c1cccc(OC)c1. The van der Waals surface area contributed by atoms with Crippen molar-refractivity contribution < 1.29 is 9.53 Å². The molecular formula is C22H24N4O2S. The van der Waals surface area contributed by atoms with Crippen LogP contribution < -0.4 is 10.1 Å². The highest BCUT2D eigenvalue weighted by atomic mass is 32.2. The number of thioether (sulfide) groups is 1. The smallest absolute Gasteiger partial charge is 0.251 e. The van der Waals surface area contributed by atoms with E-state index < -0.39 is 0 Å². The van der Waals surface area contributed by atoms with Crippen LogP contribution in [0.1, 0.15) is 35.7 Å². The molecule has 7 heteroatoms. The Bertz CT molecular complexity index is 1010. The quantitative estimate of drug-likeness (QED) is 0.567. The van der Waals surface area contributed by atoms with Crippen molar-refractivity contribution in [2.24, 2.45) is 0 Å². The van der Waals surface area contributed by atoms with Crippen molar-refractivity contribution in [3.05, 3.63) is 59.7 Å². The molecule has 1 saturated carbocycles. The van der Waals surface area contributed by atoms with Gasteiger partial charge in [0.15, 0.2) is 11.0 Å². The van der Waals surface area contributed by atoms with Crippen LogP contribution in [0.3, 0.4) is 0 Å². The molecule has 1 amide bonds. The van der Waals surface area contributed by atoms with E-state index in [0.29, 0.717) is 11.8 Å². The predicted molar refractivity (Wildman–Crippen MR) is 114 cm³/mol. The minimum absolute atomic E-state index is 0.0118. The summed E-state index contributed by atoms with van der Waals surface area (Å²) in [5.41, 5.74) is 2.71. The van der Waals surface area contributed by atoms with Gasteiger partial charge in [0.1, 0.15) is 5.75 Å². The fraction of sp³-hybridized carbons (Fsp3) is 0.318. The highest BCUT2D eigenvalue weighted by molar-refractivity contribution is 7.98. The summed E-state index contributed by atoms with van der Waals surface area (Å²) in [4.78, 5) is 12.5. The van der Waals surface area contributed by atoms with Gasteiger partial charge in [-0.05, 0) is 43.5 Å². The van der Waals surface area contributed by atoms with Gasteiger partial charge >= 0.3 is 0 Å². The predicted octanol–water partition coefficient (Wildman–Crippen LogP) is 4.16. The molecule has 29 heavy (non-hydrogen) atoms. The van der Waals surface area contributed by atoms with Gasteiger partial charge in [0.25, 0.3) is 5.91 Å². The molecule has 1 aromatic heterocycles. The Balaban J connectivity index is 1.53. The molecule has 0 spiro atoms. The highest BCUT2D eigenvalue weighted by Gasteiger charge is 2.24. The fourth-order valence-electron chi connectivity index (χ4n) is 3.16. The zero-order chi connectivity index (χ0) is 20.2. The van der Waals surface area contributed by atoms with Crippen LogP contribution >= 0.6 is 11.8 Å². The van der Waals surface area contributed by atoms with Gasteiger partial charge in [0.2, 0.25) is 0 Å². The second kappa shape index (κ2) is 8.69. The monoisotopic (exact) mass is 408 g/mol. The number of benzene rings is 2. The maximum atomic E-state index is 12.5. The van der Waals surface area contributed by atoms with E-state index >= 15 is 0 Å². The first kappa shape index (κ1) is 19.5. The molecule has 1 aliphatic rings. The number of carbonyl (C=O) groups is 1. The molecule has 0 bridgehead atoms. The summed E-state index contributed by atoms with van der Waals surface area (Å²) in [6, 6.07) is 15.9. The molecule has 0 saturated heterocycles. The van der Waals surface area contributed by atoms with Crippen molar-refractivity contribution in [1.82, 2.24) is 20.1 Å². The van der Waals surface area contributed by atoms with E-state index in [1.165, 1.54) is 0 Å². The molecule has 0 aliphatic heterocycles. The molecular weight excluding hydrogens is 384 g/mol. The molecule has 3 aromatic rings. The van der Waals surface area contributed by atoms with Gasteiger partial charge in [-0.15, -0.1) is 10.2 Å². The molecule has 1 fully saturated rings. The summed E-state index contributed by atoms with van der Waals surface area (Å²) in [6.45, 7) is 2.83. The van der Waals surface area contributed by atoms with Crippen LogP contribution in [0.25, 0.3) is 11.4 Å². The lowest BCUT2D eigenvalue weighted by molar-refractivity contribution is 0.0950. The van der Waals surface area contributed by atoms with Crippen molar-refractivity contribution in [3.8, 4) is 17.1 Å². The van der Waals surface area contributed by atoms with Crippen LogP contribution in [0.2, 0.25) is 0 Å². The molecule has 1 aliphatic carbocycles. The van der Waals surface area contributed by atoms with Gasteiger partial charge in [0, 0.05) is 29.5 Å². The number of nitrogens with zero attached hydrogens (tertiary/aromatic N) is 3. The van der Waals surface area contributed by atoms with Crippen LogP contribution in [0, 0.1) is 0 Å². The van der Waals surface area contributed by atoms with Crippen molar-refractivity contribution >= 4 is 17.7 Å². The van der Waals surface area contributed by atoms with Crippen molar-refractivity contribution in [3.63, 3.8) is 0 Å². The second-order valence-electron chi connectivity index (χ2n) is 6.98. The minimum Gasteiger partial charge on any atom is -0.497 e. The first-order chi connectivity index (χ1) is 14.2. The minimum atomic E-state index is 0.0118. The van der Waals surface area contributed by atoms with Gasteiger partial charge in [-0.25, -0.2) is 0 Å². The molecule has 0 atom stereocenters. The van der Waals surface area contributed by atoms with E-state index in [2.05, 4.69) is 27.0 Å². The Hall–Kier alpha value is -2.80. The number of amides is 1. The molecule has 150 valence electrons. The van der Waals surface area contributed by atoms with Crippen LogP contribution in [0.5, 0.6) is 5.75 Å². The standard InChI is InChI=1S/C22H24N4O2S/c1-3-26-20(15-8-6-9-18(13-15)28-2)24-25-22(26)29-14-16-7-4-5-10-19(16)21(27)23-17-11-12-17/h4-10,13,17H,3,11-12,14H2,1-2H3,(H,23,27). The van der Waals surface area contributed by atoms with Crippen molar-refractivity contribution in [2.45, 2.75) is 43.3 Å². The first-order valence-electron chi connectivity index (χ1n) is 9.78. The van der Waals surface area contributed by atoms with Gasteiger partial charge in [-0.1, -0.05) is 42.1 Å². The average Bonchev–Trinajstić information content (AvgIpc) is 3.48. The Morgan fingerprint density at radius 1 is 1.21 bits per heavy atom. The first-order valence-corrected chi connectivity index (χ1v) is 10.8. The summed E-state index contributed by atoms with van der Waals surface area (Å²) < 4.78 is 7.42. The van der Waals surface area contributed by atoms with Crippen LogP contribution in [0.15, 0.2) is 53.7 Å². The number of methoxy groups -OCH3 is 1. The van der Waals surface area contributed by atoms with Gasteiger partial charge in [0.05, 0.1) is 7.11 Å². The Morgan fingerprint density at radius 3 is 2.79 bits per heavy atom. The van der Waals surface area contributed by atoms with Crippen LogP contribution in [0.4, 0.5) is 0 Å². The highest BCUT2D eigenvalue weighted by Crippen LogP contribution is 2.29. The van der Waals surface area contributed by atoms with Gasteiger partial charge in [-0.2, -0.15) is 0 Å². The number of ether oxygens (including phenoxy) is 1. The Kier molecular flexibility index (Phi) is 5.85. The normalized spacial score (nSPS) is 13.3. The number of nitrogens with one attached hydrogen (secondary N) is 1. The summed E-state index contributed by atoms with van der Waals surface area (Å²) >= 11 is 1.59. The van der Waals surface area contributed by atoms with Crippen molar-refractivity contribution in [2.75, 3.05) is 7.11 Å². The number of aromatic nitrogens is 3. The third-order valence-corrected chi connectivity index (χ3v) is 5.91. The molecule has 0 radical (unpaired) electrons. The zero-order valence-corrected chi connectivity index (χ0v) is 17.4. The van der Waals surface area contributed by atoms with Crippen LogP contribution in [-0.2, 0) is 12.3 Å². The molecule has 6 nitrogen and oxygen atoms in total.